The summed E-state index contributed by atoms with van der Waals surface area (Å²) in [5.74, 6) is -0.418. The molecule has 0 fully saturated rings. The monoisotopic (exact) mass is 652 g/mol. The Bertz CT molecular complexity index is 2080. The lowest BCUT2D eigenvalue weighted by Crippen LogP contribution is -2.30. The quantitative estimate of drug-likeness (QED) is 0.0836. The lowest BCUT2D eigenvalue weighted by molar-refractivity contribution is -0.116. The molecule has 0 unspecified atom stereocenters. The summed E-state index contributed by atoms with van der Waals surface area (Å²) in [4.78, 5) is 44.3. The first kappa shape index (κ1) is 31.9. The molecule has 0 radical (unpaired) electrons. The van der Waals surface area contributed by atoms with E-state index in [2.05, 4.69) is 20.9 Å². The Morgan fingerprint density at radius 2 is 1.46 bits per heavy atom. The SMILES string of the molecule is COc1cccc(NC(=O)[C@@H](Sc2ccc(NC(=O)/C(=C/c3c[nH]c4ccccc34)NC(=O)c3ccccc3)cc2)c2ccccc2)c1. The zero-order valence-corrected chi connectivity index (χ0v) is 26.8. The fourth-order valence-corrected chi connectivity index (χ4v) is 6.10. The van der Waals surface area contributed by atoms with Crippen molar-refractivity contribution < 1.29 is 19.1 Å². The van der Waals surface area contributed by atoms with Gasteiger partial charge in [0.1, 0.15) is 16.7 Å². The van der Waals surface area contributed by atoms with Crippen LogP contribution in [0.2, 0.25) is 0 Å². The number of para-hydroxylation sites is 1. The molecular formula is C39H32N4O4S. The number of hydrogen-bond donors (Lipinski definition) is 4. The highest BCUT2D eigenvalue weighted by atomic mass is 32.2. The first-order valence-corrected chi connectivity index (χ1v) is 16.1. The molecule has 238 valence electrons. The summed E-state index contributed by atoms with van der Waals surface area (Å²) in [6.45, 7) is 0. The zero-order chi connectivity index (χ0) is 33.3. The van der Waals surface area contributed by atoms with E-state index in [0.29, 0.717) is 22.7 Å². The molecule has 4 N–H and O–H groups in total. The molecule has 9 heteroatoms. The van der Waals surface area contributed by atoms with E-state index in [4.69, 9.17) is 4.74 Å². The zero-order valence-electron chi connectivity index (χ0n) is 26.0. The summed E-state index contributed by atoms with van der Waals surface area (Å²) in [5, 5.41) is 9.07. The number of nitrogens with one attached hydrogen (secondary N) is 4. The second-order valence-electron chi connectivity index (χ2n) is 10.8. The predicted octanol–water partition coefficient (Wildman–Crippen LogP) is 8.06. The second kappa shape index (κ2) is 15.0. The Balaban J connectivity index is 1.20. The van der Waals surface area contributed by atoms with Crippen molar-refractivity contribution in [3.8, 4) is 5.75 Å². The minimum absolute atomic E-state index is 0.0883. The van der Waals surface area contributed by atoms with E-state index in [1.54, 1.807) is 61.8 Å². The van der Waals surface area contributed by atoms with Gasteiger partial charge in [-0.15, -0.1) is 11.8 Å². The third-order valence-electron chi connectivity index (χ3n) is 7.49. The molecule has 0 saturated heterocycles. The molecule has 0 saturated carbocycles. The van der Waals surface area contributed by atoms with E-state index in [9.17, 15) is 14.4 Å². The minimum Gasteiger partial charge on any atom is -0.497 e. The van der Waals surface area contributed by atoms with E-state index in [1.165, 1.54) is 11.8 Å². The summed E-state index contributed by atoms with van der Waals surface area (Å²) >= 11 is 1.40. The highest BCUT2D eigenvalue weighted by molar-refractivity contribution is 8.00. The van der Waals surface area contributed by atoms with Crippen LogP contribution in [0.5, 0.6) is 5.75 Å². The number of hydrogen-bond acceptors (Lipinski definition) is 5. The van der Waals surface area contributed by atoms with Crippen molar-refractivity contribution in [3.63, 3.8) is 0 Å². The van der Waals surface area contributed by atoms with E-state index in [0.717, 1.165) is 26.9 Å². The number of amides is 3. The van der Waals surface area contributed by atoms with Crippen LogP contribution in [0.4, 0.5) is 11.4 Å². The van der Waals surface area contributed by atoms with Crippen molar-refractivity contribution in [2.75, 3.05) is 17.7 Å². The van der Waals surface area contributed by atoms with Crippen LogP contribution < -0.4 is 20.7 Å². The summed E-state index contributed by atoms with van der Waals surface area (Å²) < 4.78 is 5.30. The molecule has 0 aliphatic heterocycles. The lowest BCUT2D eigenvalue weighted by atomic mass is 10.1. The Hall–Kier alpha value is -6.06. The standard InChI is InChI=1S/C39H32N4O4S/c1-47-31-16-10-15-30(24-31)42-39(46)36(26-11-4-2-5-12-26)48-32-21-19-29(20-22-32)41-38(45)35(43-37(44)27-13-6-3-7-14-27)23-28-25-40-34-18-9-8-17-33(28)34/h2-25,36,40H,1H3,(H,41,45)(H,42,46)(H,43,44)/b35-23-/t36-/m0/s1. The predicted molar refractivity (Wildman–Crippen MR) is 192 cm³/mol. The molecule has 0 aliphatic rings. The van der Waals surface area contributed by atoms with Crippen LogP contribution in [0.3, 0.4) is 0 Å². The van der Waals surface area contributed by atoms with Crippen molar-refractivity contribution in [2.45, 2.75) is 10.1 Å². The molecule has 5 aromatic carbocycles. The van der Waals surface area contributed by atoms with Gasteiger partial charge in [-0.1, -0.05) is 72.8 Å². The van der Waals surface area contributed by atoms with Gasteiger partial charge in [-0.2, -0.15) is 0 Å². The van der Waals surface area contributed by atoms with Gasteiger partial charge in [-0.05, 0) is 66.2 Å². The molecule has 3 amide bonds. The fourth-order valence-electron chi connectivity index (χ4n) is 5.07. The molecule has 1 aromatic heterocycles. The Labute approximate surface area is 282 Å². The summed E-state index contributed by atoms with van der Waals surface area (Å²) in [6, 6.07) is 40.5. The normalized spacial score (nSPS) is 11.8. The van der Waals surface area contributed by atoms with Crippen LogP contribution in [-0.4, -0.2) is 29.8 Å². The number of thioether (sulfide) groups is 1. The van der Waals surface area contributed by atoms with Gasteiger partial charge in [-0.3, -0.25) is 14.4 Å². The first-order chi connectivity index (χ1) is 23.5. The van der Waals surface area contributed by atoms with E-state index < -0.39 is 17.1 Å². The molecule has 0 spiro atoms. The van der Waals surface area contributed by atoms with Gasteiger partial charge in [0.05, 0.1) is 7.11 Å². The van der Waals surface area contributed by atoms with Crippen LogP contribution >= 0.6 is 11.8 Å². The number of ether oxygens (including phenoxy) is 1. The van der Waals surface area contributed by atoms with Crippen LogP contribution in [0.1, 0.15) is 26.7 Å². The van der Waals surface area contributed by atoms with Gasteiger partial charge in [0.2, 0.25) is 5.91 Å². The number of benzene rings is 5. The number of aromatic amines is 1. The maximum atomic E-state index is 13.6. The Morgan fingerprint density at radius 1 is 0.750 bits per heavy atom. The third kappa shape index (κ3) is 7.83. The number of aromatic nitrogens is 1. The molecule has 8 nitrogen and oxygen atoms in total. The molecular weight excluding hydrogens is 621 g/mol. The first-order valence-electron chi connectivity index (χ1n) is 15.2. The number of H-pyrrole nitrogens is 1. The van der Waals surface area contributed by atoms with Crippen molar-refractivity contribution >= 4 is 57.8 Å². The minimum atomic E-state index is -0.545. The number of carbonyl (C=O) groups is 3. The maximum Gasteiger partial charge on any atom is 0.272 e. The van der Waals surface area contributed by atoms with Crippen molar-refractivity contribution in [3.05, 3.63) is 162 Å². The van der Waals surface area contributed by atoms with Gasteiger partial charge in [0, 0.05) is 50.6 Å². The lowest BCUT2D eigenvalue weighted by Gasteiger charge is -2.18. The van der Waals surface area contributed by atoms with Gasteiger partial charge in [0.15, 0.2) is 0 Å². The van der Waals surface area contributed by atoms with Crippen molar-refractivity contribution in [1.29, 1.82) is 0 Å². The Kier molecular flexibility index (Phi) is 9.98. The molecule has 0 aliphatic carbocycles. The molecule has 1 heterocycles. The molecule has 1 atom stereocenters. The van der Waals surface area contributed by atoms with Gasteiger partial charge >= 0.3 is 0 Å². The van der Waals surface area contributed by atoms with E-state index in [-0.39, 0.29) is 11.6 Å². The summed E-state index contributed by atoms with van der Waals surface area (Å²) in [7, 11) is 1.58. The van der Waals surface area contributed by atoms with Crippen LogP contribution in [0, 0.1) is 0 Å². The molecule has 6 aromatic rings. The fraction of sp³-hybridized carbons (Fsp3) is 0.0513. The van der Waals surface area contributed by atoms with Crippen LogP contribution in [-0.2, 0) is 9.59 Å². The van der Waals surface area contributed by atoms with Gasteiger partial charge < -0.3 is 25.7 Å². The topological polar surface area (TPSA) is 112 Å². The van der Waals surface area contributed by atoms with E-state index in [1.807, 2.05) is 91.0 Å². The summed E-state index contributed by atoms with van der Waals surface area (Å²) in [6.07, 6.45) is 3.46. The van der Waals surface area contributed by atoms with Crippen molar-refractivity contribution in [2.24, 2.45) is 0 Å². The number of anilines is 2. The number of methoxy groups -OCH3 is 1. The highest BCUT2D eigenvalue weighted by Crippen LogP contribution is 2.37. The number of rotatable bonds is 11. The smallest absolute Gasteiger partial charge is 0.272 e. The second-order valence-corrected chi connectivity index (χ2v) is 12.0. The van der Waals surface area contributed by atoms with E-state index >= 15 is 0 Å². The highest BCUT2D eigenvalue weighted by Gasteiger charge is 2.23. The molecule has 48 heavy (non-hydrogen) atoms. The third-order valence-corrected chi connectivity index (χ3v) is 8.76. The van der Waals surface area contributed by atoms with Crippen molar-refractivity contribution in [1.82, 2.24) is 10.3 Å². The number of carbonyl (C=O) groups excluding carboxylic acids is 3. The average molecular weight is 653 g/mol. The molecule has 0 bridgehead atoms. The van der Waals surface area contributed by atoms with Gasteiger partial charge in [-0.25, -0.2) is 0 Å². The van der Waals surface area contributed by atoms with Crippen LogP contribution in [0.15, 0.2) is 150 Å². The Morgan fingerprint density at radius 3 is 2.21 bits per heavy atom. The van der Waals surface area contributed by atoms with Crippen LogP contribution in [0.25, 0.3) is 17.0 Å². The summed E-state index contributed by atoms with van der Waals surface area (Å²) in [5.41, 5.74) is 4.20. The molecule has 6 rings (SSSR count). The van der Waals surface area contributed by atoms with Gasteiger partial charge in [0.25, 0.3) is 11.8 Å². The number of fused-ring (bicyclic) bond motifs is 1. The average Bonchev–Trinajstić information content (AvgIpc) is 3.54. The largest absolute Gasteiger partial charge is 0.497 e. The maximum absolute atomic E-state index is 13.6.